The van der Waals surface area contributed by atoms with Gasteiger partial charge in [-0.05, 0) is 12.3 Å². The second-order valence-electron chi connectivity index (χ2n) is 4.34. The summed E-state index contributed by atoms with van der Waals surface area (Å²) in [4.78, 5) is 0. The third kappa shape index (κ3) is 5.17. The van der Waals surface area contributed by atoms with Crippen LogP contribution in [0.3, 0.4) is 0 Å². The highest BCUT2D eigenvalue weighted by atomic mass is 16.4. The Kier molecular flexibility index (Phi) is 6.62. The van der Waals surface area contributed by atoms with Crippen molar-refractivity contribution in [2.45, 2.75) is 46.0 Å². The molecule has 0 aliphatic heterocycles. The molecule has 1 heterocycles. The highest BCUT2D eigenvalue weighted by Gasteiger charge is 2.09. The second-order valence-corrected chi connectivity index (χ2v) is 4.34. The molecule has 98 valence electrons. The van der Waals surface area contributed by atoms with Crippen molar-refractivity contribution in [2.24, 2.45) is 11.7 Å². The zero-order valence-corrected chi connectivity index (χ0v) is 10.9. The van der Waals surface area contributed by atoms with Gasteiger partial charge in [-0.1, -0.05) is 38.2 Å². The summed E-state index contributed by atoms with van der Waals surface area (Å²) in [6.07, 6.45) is 5.60. The first kappa shape index (κ1) is 14.0. The molecule has 5 heteroatoms. The molecule has 0 saturated heterocycles. The lowest BCUT2D eigenvalue weighted by molar-refractivity contribution is 0.457. The van der Waals surface area contributed by atoms with E-state index in [-0.39, 0.29) is 0 Å². The Bertz CT molecular complexity index is 300. The molecule has 1 aromatic rings. The fourth-order valence-corrected chi connectivity index (χ4v) is 1.72. The molecule has 0 saturated carbocycles. The van der Waals surface area contributed by atoms with Crippen LogP contribution in [0.2, 0.25) is 0 Å². The summed E-state index contributed by atoms with van der Waals surface area (Å²) in [5.41, 5.74) is 5.42. The maximum absolute atomic E-state index is 5.42. The van der Waals surface area contributed by atoms with Crippen molar-refractivity contribution in [1.29, 1.82) is 0 Å². The molecule has 17 heavy (non-hydrogen) atoms. The van der Waals surface area contributed by atoms with Gasteiger partial charge in [-0.2, -0.15) is 0 Å². The predicted octanol–water partition coefficient (Wildman–Crippen LogP) is 2.20. The van der Waals surface area contributed by atoms with Crippen LogP contribution in [0.1, 0.15) is 45.4 Å². The molecule has 0 aliphatic carbocycles. The van der Waals surface area contributed by atoms with Gasteiger partial charge >= 0.3 is 6.01 Å². The minimum atomic E-state index is 0.517. The van der Waals surface area contributed by atoms with Gasteiger partial charge in [0.2, 0.25) is 5.89 Å². The van der Waals surface area contributed by atoms with Gasteiger partial charge in [0.1, 0.15) is 0 Å². The number of nitrogens with zero attached hydrogens (tertiary/aromatic N) is 2. The van der Waals surface area contributed by atoms with E-state index in [0.29, 0.717) is 30.8 Å². The summed E-state index contributed by atoms with van der Waals surface area (Å²) in [6.45, 7) is 5.88. The molecule has 0 radical (unpaired) electrons. The first-order valence-corrected chi connectivity index (χ1v) is 6.56. The number of aromatic nitrogens is 2. The Hall–Kier alpha value is -1.10. The zero-order valence-electron chi connectivity index (χ0n) is 10.9. The van der Waals surface area contributed by atoms with Crippen LogP contribution in [0.5, 0.6) is 0 Å². The molecule has 5 nitrogen and oxygen atoms in total. The molecule has 0 bridgehead atoms. The summed E-state index contributed by atoms with van der Waals surface area (Å²) in [5, 5.41) is 11.1. The third-order valence-corrected chi connectivity index (χ3v) is 2.91. The second kappa shape index (κ2) is 8.06. The van der Waals surface area contributed by atoms with E-state index in [1.54, 1.807) is 0 Å². The molecular formula is C12H24N4O. The number of unbranched alkanes of at least 4 members (excludes halogenated alkanes) is 1. The highest BCUT2D eigenvalue weighted by molar-refractivity contribution is 5.16. The number of nitrogens with two attached hydrogens (primary N) is 1. The number of rotatable bonds is 9. The largest absolute Gasteiger partial charge is 0.408 e. The smallest absolute Gasteiger partial charge is 0.315 e. The molecule has 1 aromatic heterocycles. The third-order valence-electron chi connectivity index (χ3n) is 2.91. The van der Waals surface area contributed by atoms with Gasteiger partial charge in [0.25, 0.3) is 0 Å². The van der Waals surface area contributed by atoms with Crippen LogP contribution in [0.4, 0.5) is 6.01 Å². The number of hydrogen-bond acceptors (Lipinski definition) is 5. The van der Waals surface area contributed by atoms with Crippen LogP contribution in [-0.4, -0.2) is 23.3 Å². The van der Waals surface area contributed by atoms with Gasteiger partial charge < -0.3 is 15.5 Å². The summed E-state index contributed by atoms with van der Waals surface area (Å²) in [6, 6.07) is 0.517. The van der Waals surface area contributed by atoms with E-state index in [2.05, 4.69) is 29.4 Å². The Balaban J connectivity index is 2.31. The van der Waals surface area contributed by atoms with Crippen molar-refractivity contribution < 1.29 is 4.42 Å². The topological polar surface area (TPSA) is 77.0 Å². The minimum Gasteiger partial charge on any atom is -0.408 e. The SMILES string of the molecule is CCCCC(CC)CNc1nnc(CCN)o1. The van der Waals surface area contributed by atoms with E-state index in [0.717, 1.165) is 6.54 Å². The number of nitrogens with one attached hydrogen (secondary N) is 1. The Morgan fingerprint density at radius 3 is 2.82 bits per heavy atom. The first-order chi connectivity index (χ1) is 8.30. The van der Waals surface area contributed by atoms with Gasteiger partial charge in [0.05, 0.1) is 0 Å². The van der Waals surface area contributed by atoms with Gasteiger partial charge in [-0.15, -0.1) is 5.10 Å². The van der Waals surface area contributed by atoms with Crippen LogP contribution in [-0.2, 0) is 6.42 Å². The van der Waals surface area contributed by atoms with E-state index in [4.69, 9.17) is 10.2 Å². The number of anilines is 1. The predicted molar refractivity (Wildman–Crippen MR) is 68.9 cm³/mol. The normalized spacial score (nSPS) is 12.6. The van der Waals surface area contributed by atoms with Gasteiger partial charge in [0, 0.05) is 19.5 Å². The summed E-state index contributed by atoms with van der Waals surface area (Å²) < 4.78 is 5.41. The van der Waals surface area contributed by atoms with E-state index in [9.17, 15) is 0 Å². The van der Waals surface area contributed by atoms with Crippen molar-refractivity contribution >= 4 is 6.01 Å². The van der Waals surface area contributed by atoms with Crippen LogP contribution in [0.25, 0.3) is 0 Å². The van der Waals surface area contributed by atoms with Gasteiger partial charge in [0.15, 0.2) is 0 Å². The van der Waals surface area contributed by atoms with E-state index in [1.807, 2.05) is 0 Å². The summed E-state index contributed by atoms with van der Waals surface area (Å²) >= 11 is 0. The fraction of sp³-hybridized carbons (Fsp3) is 0.833. The Morgan fingerprint density at radius 2 is 2.18 bits per heavy atom. The fourth-order valence-electron chi connectivity index (χ4n) is 1.72. The van der Waals surface area contributed by atoms with E-state index in [1.165, 1.54) is 25.7 Å². The van der Waals surface area contributed by atoms with Crippen molar-refractivity contribution in [3.63, 3.8) is 0 Å². The lowest BCUT2D eigenvalue weighted by Crippen LogP contribution is -2.13. The first-order valence-electron chi connectivity index (χ1n) is 6.56. The van der Waals surface area contributed by atoms with E-state index >= 15 is 0 Å². The van der Waals surface area contributed by atoms with Crippen LogP contribution in [0, 0.1) is 5.92 Å². The standard InChI is InChI=1S/C12H24N4O/c1-3-5-6-10(4-2)9-14-12-16-15-11(17-12)7-8-13/h10H,3-9,13H2,1-2H3,(H,14,16). The molecule has 0 fully saturated rings. The molecule has 0 aromatic carbocycles. The van der Waals surface area contributed by atoms with Crippen molar-refractivity contribution in [2.75, 3.05) is 18.4 Å². The average molecular weight is 240 g/mol. The van der Waals surface area contributed by atoms with Crippen LogP contribution in [0.15, 0.2) is 4.42 Å². The van der Waals surface area contributed by atoms with Gasteiger partial charge in [-0.25, -0.2) is 0 Å². The minimum absolute atomic E-state index is 0.517. The van der Waals surface area contributed by atoms with Gasteiger partial charge in [-0.3, -0.25) is 0 Å². The molecule has 0 spiro atoms. The van der Waals surface area contributed by atoms with Crippen LogP contribution >= 0.6 is 0 Å². The zero-order chi connectivity index (χ0) is 12.5. The quantitative estimate of drug-likeness (QED) is 0.692. The van der Waals surface area contributed by atoms with Crippen molar-refractivity contribution in [3.8, 4) is 0 Å². The van der Waals surface area contributed by atoms with Crippen molar-refractivity contribution in [3.05, 3.63) is 5.89 Å². The van der Waals surface area contributed by atoms with Crippen molar-refractivity contribution in [1.82, 2.24) is 10.2 Å². The molecular weight excluding hydrogens is 216 g/mol. The molecule has 1 unspecified atom stereocenters. The highest BCUT2D eigenvalue weighted by Crippen LogP contribution is 2.14. The van der Waals surface area contributed by atoms with Crippen LogP contribution < -0.4 is 11.1 Å². The molecule has 1 rings (SSSR count). The maximum atomic E-state index is 5.42. The monoisotopic (exact) mass is 240 g/mol. The Morgan fingerprint density at radius 1 is 1.35 bits per heavy atom. The number of hydrogen-bond donors (Lipinski definition) is 2. The maximum Gasteiger partial charge on any atom is 0.315 e. The summed E-state index contributed by atoms with van der Waals surface area (Å²) in [7, 11) is 0. The lowest BCUT2D eigenvalue weighted by Gasteiger charge is -2.13. The average Bonchev–Trinajstić information content (AvgIpc) is 2.78. The summed E-state index contributed by atoms with van der Waals surface area (Å²) in [5.74, 6) is 1.29. The van der Waals surface area contributed by atoms with E-state index < -0.39 is 0 Å². The Labute approximate surface area is 103 Å². The molecule has 0 amide bonds. The molecule has 1 atom stereocenters. The lowest BCUT2D eigenvalue weighted by atomic mass is 10.00. The molecule has 3 N–H and O–H groups in total. The molecule has 0 aliphatic rings.